The molecule has 0 aliphatic carbocycles. The van der Waals surface area contributed by atoms with Crippen molar-refractivity contribution in [3.8, 4) is 0 Å². The van der Waals surface area contributed by atoms with Crippen LogP contribution in [0.25, 0.3) is 0 Å². The minimum atomic E-state index is -3.46. The van der Waals surface area contributed by atoms with Gasteiger partial charge in [-0.25, -0.2) is 18.1 Å². The first-order valence-electron chi connectivity index (χ1n) is 4.88. The molecule has 88 valence electrons. The first kappa shape index (κ1) is 12.7. The Hall–Kier alpha value is -1.40. The number of nitrogens with two attached hydrogens (primary N) is 1. The van der Waals surface area contributed by atoms with Crippen molar-refractivity contribution >= 4 is 15.8 Å². The van der Waals surface area contributed by atoms with Crippen LogP contribution in [0.15, 0.2) is 35.4 Å². The Balaban J connectivity index is 2.67. The zero-order chi connectivity index (χ0) is 12.0. The largest absolute Gasteiger partial charge is 0.384 e. The van der Waals surface area contributed by atoms with Crippen LogP contribution in [0.1, 0.15) is 13.3 Å². The lowest BCUT2D eigenvalue weighted by molar-refractivity contribution is 0.581. The van der Waals surface area contributed by atoms with E-state index in [4.69, 9.17) is 5.73 Å². The Labute approximate surface area is 95.4 Å². The molecule has 0 amide bonds. The van der Waals surface area contributed by atoms with Gasteiger partial charge in [-0.3, -0.25) is 0 Å². The summed E-state index contributed by atoms with van der Waals surface area (Å²) in [6.45, 7) is 2.26. The molecule has 0 saturated heterocycles. The second-order valence-corrected chi connectivity index (χ2v) is 4.94. The standard InChI is InChI=1S/C10H15N3O2S/c1-2-3-4-7-13-16(14,15)9-5-6-10(11)12-8-9/h2-3,5-6,8,13H,4,7H2,1H3,(H2,11,12)/b3-2+. The van der Waals surface area contributed by atoms with Gasteiger partial charge in [0.15, 0.2) is 0 Å². The van der Waals surface area contributed by atoms with Crippen molar-refractivity contribution < 1.29 is 8.42 Å². The molecule has 0 fully saturated rings. The van der Waals surface area contributed by atoms with Gasteiger partial charge in [0.2, 0.25) is 10.0 Å². The van der Waals surface area contributed by atoms with E-state index in [0.29, 0.717) is 18.8 Å². The number of aromatic nitrogens is 1. The van der Waals surface area contributed by atoms with Gasteiger partial charge in [0.05, 0.1) is 0 Å². The highest BCUT2D eigenvalue weighted by molar-refractivity contribution is 7.89. The monoisotopic (exact) mass is 241 g/mol. The summed E-state index contributed by atoms with van der Waals surface area (Å²) in [5, 5.41) is 0. The Bertz CT molecular complexity index is 451. The van der Waals surface area contributed by atoms with Gasteiger partial charge in [-0.2, -0.15) is 0 Å². The smallest absolute Gasteiger partial charge is 0.242 e. The van der Waals surface area contributed by atoms with E-state index in [0.717, 1.165) is 0 Å². The Kier molecular flexibility index (Phi) is 4.45. The van der Waals surface area contributed by atoms with Gasteiger partial charge in [-0.05, 0) is 25.5 Å². The van der Waals surface area contributed by atoms with E-state index >= 15 is 0 Å². The molecule has 0 aliphatic heterocycles. The van der Waals surface area contributed by atoms with E-state index in [1.165, 1.54) is 18.3 Å². The van der Waals surface area contributed by atoms with Crippen molar-refractivity contribution in [1.29, 1.82) is 0 Å². The topological polar surface area (TPSA) is 85.1 Å². The zero-order valence-corrected chi connectivity index (χ0v) is 9.87. The van der Waals surface area contributed by atoms with Crippen molar-refractivity contribution in [1.82, 2.24) is 9.71 Å². The third-order valence-corrected chi connectivity index (χ3v) is 3.35. The van der Waals surface area contributed by atoms with E-state index in [9.17, 15) is 8.42 Å². The van der Waals surface area contributed by atoms with Gasteiger partial charge in [-0.15, -0.1) is 0 Å². The van der Waals surface area contributed by atoms with Crippen LogP contribution in [0.5, 0.6) is 0 Å². The van der Waals surface area contributed by atoms with Crippen LogP contribution in [0.4, 0.5) is 5.82 Å². The summed E-state index contributed by atoms with van der Waals surface area (Å²) in [6, 6.07) is 2.89. The Morgan fingerprint density at radius 2 is 2.25 bits per heavy atom. The zero-order valence-electron chi connectivity index (χ0n) is 9.05. The number of anilines is 1. The molecule has 1 aromatic heterocycles. The maximum absolute atomic E-state index is 11.7. The fraction of sp³-hybridized carbons (Fsp3) is 0.300. The number of nitrogens with one attached hydrogen (secondary N) is 1. The lowest BCUT2D eigenvalue weighted by atomic mass is 10.4. The fourth-order valence-corrected chi connectivity index (χ4v) is 2.07. The molecule has 5 nitrogen and oxygen atoms in total. The average molecular weight is 241 g/mol. The van der Waals surface area contributed by atoms with Crippen molar-refractivity contribution in [2.75, 3.05) is 12.3 Å². The van der Waals surface area contributed by atoms with Crippen LogP contribution in [-0.4, -0.2) is 19.9 Å². The molecule has 1 heterocycles. The first-order valence-corrected chi connectivity index (χ1v) is 6.37. The molecule has 16 heavy (non-hydrogen) atoms. The number of allylic oxidation sites excluding steroid dienone is 1. The second kappa shape index (κ2) is 5.62. The highest BCUT2D eigenvalue weighted by Crippen LogP contribution is 2.08. The number of hydrogen-bond acceptors (Lipinski definition) is 4. The maximum atomic E-state index is 11.7. The van der Waals surface area contributed by atoms with Gasteiger partial charge in [0.25, 0.3) is 0 Å². The normalized spacial score (nSPS) is 12.1. The second-order valence-electron chi connectivity index (χ2n) is 3.17. The number of nitrogens with zero attached hydrogens (tertiary/aromatic N) is 1. The van der Waals surface area contributed by atoms with Crippen LogP contribution in [0, 0.1) is 0 Å². The van der Waals surface area contributed by atoms with E-state index < -0.39 is 10.0 Å². The van der Waals surface area contributed by atoms with Gasteiger partial charge >= 0.3 is 0 Å². The predicted molar refractivity (Wildman–Crippen MR) is 63.3 cm³/mol. The maximum Gasteiger partial charge on any atom is 0.242 e. The summed E-state index contributed by atoms with van der Waals surface area (Å²) >= 11 is 0. The third-order valence-electron chi connectivity index (χ3n) is 1.91. The minimum absolute atomic E-state index is 0.127. The minimum Gasteiger partial charge on any atom is -0.384 e. The number of sulfonamides is 1. The fourth-order valence-electron chi connectivity index (χ4n) is 1.08. The van der Waals surface area contributed by atoms with E-state index in [2.05, 4.69) is 9.71 Å². The SMILES string of the molecule is C/C=C/CCNS(=O)(=O)c1ccc(N)nc1. The number of rotatable bonds is 5. The van der Waals surface area contributed by atoms with Gasteiger partial charge in [-0.1, -0.05) is 12.2 Å². The first-order chi connectivity index (χ1) is 7.56. The molecule has 0 saturated carbocycles. The van der Waals surface area contributed by atoms with Gasteiger partial charge < -0.3 is 5.73 Å². The van der Waals surface area contributed by atoms with Gasteiger partial charge in [0, 0.05) is 12.7 Å². The molecule has 0 aliphatic rings. The van der Waals surface area contributed by atoms with Gasteiger partial charge in [0.1, 0.15) is 10.7 Å². The van der Waals surface area contributed by atoms with Crippen LogP contribution < -0.4 is 10.5 Å². The summed E-state index contributed by atoms with van der Waals surface area (Å²) in [6.07, 6.45) is 5.67. The van der Waals surface area contributed by atoms with E-state index in [1.807, 2.05) is 19.1 Å². The van der Waals surface area contributed by atoms with Crippen LogP contribution in [-0.2, 0) is 10.0 Å². The molecule has 6 heteroatoms. The highest BCUT2D eigenvalue weighted by Gasteiger charge is 2.12. The molecule has 1 rings (SSSR count). The highest BCUT2D eigenvalue weighted by atomic mass is 32.2. The van der Waals surface area contributed by atoms with Crippen molar-refractivity contribution in [3.63, 3.8) is 0 Å². The molecule has 0 atom stereocenters. The molecular formula is C10H15N3O2S. The summed E-state index contributed by atoms with van der Waals surface area (Å²) < 4.78 is 25.9. The summed E-state index contributed by atoms with van der Waals surface area (Å²) in [7, 11) is -3.46. The quantitative estimate of drug-likeness (QED) is 0.592. The predicted octanol–water partition coefficient (Wildman–Crippen LogP) is 0.908. The van der Waals surface area contributed by atoms with Crippen LogP contribution in [0.3, 0.4) is 0 Å². The van der Waals surface area contributed by atoms with Crippen molar-refractivity contribution in [2.24, 2.45) is 0 Å². The molecule has 0 aromatic carbocycles. The molecule has 0 radical (unpaired) electrons. The van der Waals surface area contributed by atoms with Crippen LogP contribution in [0.2, 0.25) is 0 Å². The van der Waals surface area contributed by atoms with E-state index in [-0.39, 0.29) is 4.90 Å². The van der Waals surface area contributed by atoms with Crippen molar-refractivity contribution in [3.05, 3.63) is 30.5 Å². The molecule has 3 N–H and O–H groups in total. The molecule has 0 unspecified atom stereocenters. The van der Waals surface area contributed by atoms with Crippen molar-refractivity contribution in [2.45, 2.75) is 18.2 Å². The Morgan fingerprint density at radius 3 is 2.81 bits per heavy atom. The van der Waals surface area contributed by atoms with Crippen LogP contribution >= 0.6 is 0 Å². The summed E-state index contributed by atoms with van der Waals surface area (Å²) in [5.41, 5.74) is 5.37. The third kappa shape index (κ3) is 3.63. The average Bonchev–Trinajstić information content (AvgIpc) is 2.25. The Morgan fingerprint density at radius 1 is 1.50 bits per heavy atom. The molecule has 1 aromatic rings. The summed E-state index contributed by atoms with van der Waals surface area (Å²) in [4.78, 5) is 3.86. The lowest BCUT2D eigenvalue weighted by Gasteiger charge is -2.04. The summed E-state index contributed by atoms with van der Waals surface area (Å²) in [5.74, 6) is 0.299. The molecular weight excluding hydrogens is 226 g/mol. The number of nitrogen functional groups attached to an aromatic ring is 1. The number of pyridine rings is 1. The molecule has 0 spiro atoms. The molecule has 0 bridgehead atoms. The lowest BCUT2D eigenvalue weighted by Crippen LogP contribution is -2.24. The number of hydrogen-bond donors (Lipinski definition) is 2. The van der Waals surface area contributed by atoms with E-state index in [1.54, 1.807) is 0 Å².